The Hall–Kier alpha value is -2.76. The highest BCUT2D eigenvalue weighted by atomic mass is 16.7. The van der Waals surface area contributed by atoms with Crippen molar-refractivity contribution in [1.82, 2.24) is 0 Å². The Balaban J connectivity index is 2.46. The van der Waals surface area contributed by atoms with E-state index in [0.29, 0.717) is 17.5 Å². The van der Waals surface area contributed by atoms with Crippen LogP contribution >= 0.6 is 0 Å². The summed E-state index contributed by atoms with van der Waals surface area (Å²) in [5, 5.41) is 10.0. The summed E-state index contributed by atoms with van der Waals surface area (Å²) in [5.41, 5.74) is 0.839. The number of carbonyl (C=O) groups excluding carboxylic acids is 2. The Bertz CT molecular complexity index is 677. The van der Waals surface area contributed by atoms with Gasteiger partial charge >= 0.3 is 11.9 Å². The molecule has 23 heavy (non-hydrogen) atoms. The molecule has 6 nitrogen and oxygen atoms in total. The minimum Gasteiger partial charge on any atom is -0.504 e. The Morgan fingerprint density at radius 1 is 1.26 bits per heavy atom. The summed E-state index contributed by atoms with van der Waals surface area (Å²) >= 11 is 0. The van der Waals surface area contributed by atoms with Gasteiger partial charge in [-0.3, -0.25) is 0 Å². The van der Waals surface area contributed by atoms with E-state index in [9.17, 15) is 14.7 Å². The van der Waals surface area contributed by atoms with Gasteiger partial charge in [0, 0.05) is 19.4 Å². The van der Waals surface area contributed by atoms with E-state index < -0.39 is 17.7 Å². The lowest BCUT2D eigenvalue weighted by Crippen LogP contribution is -2.41. The molecule has 1 saturated heterocycles. The largest absolute Gasteiger partial charge is 0.504 e. The van der Waals surface area contributed by atoms with Crippen molar-refractivity contribution in [3.63, 3.8) is 0 Å². The summed E-state index contributed by atoms with van der Waals surface area (Å²) in [6.07, 6.45) is 3.37. The predicted octanol–water partition coefficient (Wildman–Crippen LogP) is 2.35. The van der Waals surface area contributed by atoms with Crippen LogP contribution in [-0.2, 0) is 25.5 Å². The number of cyclic esters (lactones) is 2. The van der Waals surface area contributed by atoms with Crippen molar-refractivity contribution in [3.05, 3.63) is 41.5 Å². The van der Waals surface area contributed by atoms with Crippen LogP contribution in [0.3, 0.4) is 0 Å². The number of benzene rings is 1. The lowest BCUT2D eigenvalue weighted by Gasteiger charge is -2.29. The van der Waals surface area contributed by atoms with Crippen molar-refractivity contribution in [3.8, 4) is 11.5 Å². The van der Waals surface area contributed by atoms with Crippen molar-refractivity contribution < 1.29 is 28.9 Å². The second-order valence-corrected chi connectivity index (χ2v) is 5.46. The second-order valence-electron chi connectivity index (χ2n) is 5.46. The fourth-order valence-electron chi connectivity index (χ4n) is 2.18. The highest BCUT2D eigenvalue weighted by Gasteiger charge is 2.38. The Labute approximate surface area is 134 Å². The molecule has 1 aromatic carbocycles. The molecule has 6 heteroatoms. The van der Waals surface area contributed by atoms with Gasteiger partial charge in [-0.1, -0.05) is 6.08 Å². The van der Waals surface area contributed by atoms with Crippen LogP contribution in [0.5, 0.6) is 11.5 Å². The molecule has 1 fully saturated rings. The lowest BCUT2D eigenvalue weighted by atomic mass is 10.0. The van der Waals surface area contributed by atoms with Crippen LogP contribution in [0.2, 0.25) is 0 Å². The number of ether oxygens (including phenoxy) is 3. The van der Waals surface area contributed by atoms with Gasteiger partial charge in [-0.05, 0) is 30.2 Å². The molecule has 0 bridgehead atoms. The van der Waals surface area contributed by atoms with Crippen molar-refractivity contribution in [2.24, 2.45) is 0 Å². The first-order valence-electron chi connectivity index (χ1n) is 6.96. The van der Waals surface area contributed by atoms with Gasteiger partial charge in [0.2, 0.25) is 0 Å². The van der Waals surface area contributed by atoms with Crippen LogP contribution in [0, 0.1) is 0 Å². The van der Waals surface area contributed by atoms with Crippen LogP contribution in [0.25, 0.3) is 6.08 Å². The normalized spacial score (nSPS) is 16.4. The van der Waals surface area contributed by atoms with Crippen molar-refractivity contribution in [2.75, 3.05) is 7.11 Å². The number of rotatable bonds is 4. The van der Waals surface area contributed by atoms with Crippen LogP contribution in [0.4, 0.5) is 0 Å². The maximum Gasteiger partial charge on any atom is 0.348 e. The fraction of sp³-hybridized carbons (Fsp3) is 0.294. The average Bonchev–Trinajstić information content (AvgIpc) is 2.45. The zero-order valence-electron chi connectivity index (χ0n) is 13.2. The third-order valence-corrected chi connectivity index (χ3v) is 3.19. The molecule has 1 aliphatic rings. The number of phenols is 1. The van der Waals surface area contributed by atoms with E-state index in [0.717, 1.165) is 0 Å². The summed E-state index contributed by atoms with van der Waals surface area (Å²) in [6.45, 7) is 6.58. The van der Waals surface area contributed by atoms with Gasteiger partial charge in [-0.25, -0.2) is 9.59 Å². The van der Waals surface area contributed by atoms with E-state index in [2.05, 4.69) is 6.58 Å². The molecule has 0 atom stereocenters. The quantitative estimate of drug-likeness (QED) is 0.397. The lowest BCUT2D eigenvalue weighted by molar-refractivity contribution is -0.222. The van der Waals surface area contributed by atoms with Crippen molar-refractivity contribution in [2.45, 2.75) is 26.1 Å². The maximum absolute atomic E-state index is 12.0. The van der Waals surface area contributed by atoms with E-state index in [1.165, 1.54) is 33.1 Å². The van der Waals surface area contributed by atoms with Crippen LogP contribution in [-0.4, -0.2) is 29.9 Å². The summed E-state index contributed by atoms with van der Waals surface area (Å²) in [5.74, 6) is -2.59. The molecule has 0 amide bonds. The van der Waals surface area contributed by atoms with E-state index in [1.807, 2.05) is 0 Å². The molecule has 1 N–H and O–H groups in total. The second kappa shape index (κ2) is 6.16. The first-order chi connectivity index (χ1) is 10.8. The SMILES string of the molecule is C=CCc1cc(C=C2C(=O)OC(C)(C)OC2=O)cc(OC)c1O. The van der Waals surface area contributed by atoms with Gasteiger partial charge in [0.05, 0.1) is 7.11 Å². The molecule has 0 radical (unpaired) electrons. The third kappa shape index (κ3) is 3.53. The van der Waals surface area contributed by atoms with E-state index in [-0.39, 0.29) is 17.1 Å². The molecular weight excluding hydrogens is 300 g/mol. The van der Waals surface area contributed by atoms with Crippen LogP contribution in [0.1, 0.15) is 25.0 Å². The molecule has 1 aliphatic heterocycles. The molecule has 0 spiro atoms. The van der Waals surface area contributed by atoms with Gasteiger partial charge in [-0.15, -0.1) is 6.58 Å². The summed E-state index contributed by atoms with van der Waals surface area (Å²) in [6, 6.07) is 3.14. The monoisotopic (exact) mass is 318 g/mol. The standard InChI is InChI=1S/C17H18O6/c1-5-6-11-7-10(9-13(21-4)14(11)18)8-12-15(19)22-17(2,3)23-16(12)20/h5,7-9,18H,1,6H2,2-4H3. The molecule has 0 saturated carbocycles. The number of esters is 2. The number of methoxy groups -OCH3 is 1. The molecular formula is C17H18O6. The van der Waals surface area contributed by atoms with Crippen molar-refractivity contribution in [1.29, 1.82) is 0 Å². The van der Waals surface area contributed by atoms with E-state index in [4.69, 9.17) is 14.2 Å². The number of phenolic OH excluding ortho intramolecular Hbond substituents is 1. The Kier molecular flexibility index (Phi) is 4.45. The Morgan fingerprint density at radius 3 is 2.39 bits per heavy atom. The molecule has 122 valence electrons. The summed E-state index contributed by atoms with van der Waals surface area (Å²) < 4.78 is 15.2. The van der Waals surface area contributed by atoms with Gasteiger partial charge in [-0.2, -0.15) is 0 Å². The third-order valence-electron chi connectivity index (χ3n) is 3.19. The minimum atomic E-state index is -1.29. The number of allylic oxidation sites excluding steroid dienone is 1. The number of hydrogen-bond donors (Lipinski definition) is 1. The molecule has 2 rings (SSSR count). The number of aromatic hydroxyl groups is 1. The first kappa shape index (κ1) is 16.6. The molecule has 0 aliphatic carbocycles. The maximum atomic E-state index is 12.0. The van der Waals surface area contributed by atoms with Crippen LogP contribution in [0.15, 0.2) is 30.4 Å². The molecule has 1 heterocycles. The van der Waals surface area contributed by atoms with Gasteiger partial charge in [0.1, 0.15) is 5.57 Å². The average molecular weight is 318 g/mol. The minimum absolute atomic E-state index is 0.00974. The Morgan fingerprint density at radius 2 is 1.87 bits per heavy atom. The topological polar surface area (TPSA) is 82.1 Å². The predicted molar refractivity (Wildman–Crippen MR) is 82.8 cm³/mol. The fourth-order valence-corrected chi connectivity index (χ4v) is 2.18. The molecule has 1 aromatic rings. The number of hydrogen-bond acceptors (Lipinski definition) is 6. The first-order valence-corrected chi connectivity index (χ1v) is 6.96. The molecule has 0 unspecified atom stereocenters. The van der Waals surface area contributed by atoms with E-state index >= 15 is 0 Å². The smallest absolute Gasteiger partial charge is 0.348 e. The van der Waals surface area contributed by atoms with Crippen molar-refractivity contribution >= 4 is 18.0 Å². The van der Waals surface area contributed by atoms with Gasteiger partial charge < -0.3 is 19.3 Å². The van der Waals surface area contributed by atoms with Gasteiger partial charge in [0.25, 0.3) is 5.79 Å². The summed E-state index contributed by atoms with van der Waals surface area (Å²) in [4.78, 5) is 23.9. The zero-order chi connectivity index (χ0) is 17.2. The highest BCUT2D eigenvalue weighted by molar-refractivity contribution is 6.18. The zero-order valence-corrected chi connectivity index (χ0v) is 13.2. The summed E-state index contributed by atoms with van der Waals surface area (Å²) in [7, 11) is 1.41. The highest BCUT2D eigenvalue weighted by Crippen LogP contribution is 2.33. The number of carbonyl (C=O) groups is 2. The van der Waals surface area contributed by atoms with E-state index in [1.54, 1.807) is 12.1 Å². The van der Waals surface area contributed by atoms with Crippen LogP contribution < -0.4 is 4.74 Å². The molecule has 0 aromatic heterocycles. The van der Waals surface area contributed by atoms with Gasteiger partial charge in [0.15, 0.2) is 11.5 Å².